The maximum absolute atomic E-state index is 8.54. The molecular weight excluding hydrogens is 230 g/mol. The van der Waals surface area contributed by atoms with Gasteiger partial charge in [0.25, 0.3) is 0 Å². The van der Waals surface area contributed by atoms with E-state index in [1.54, 1.807) is 6.20 Å². The highest BCUT2D eigenvalue weighted by Crippen LogP contribution is 2.26. The molecule has 100 valence electrons. The van der Waals surface area contributed by atoms with Crippen LogP contribution in [0, 0.1) is 0 Å². The molecule has 0 bridgehead atoms. The predicted octanol–water partition coefficient (Wildman–Crippen LogP) is 0.874. The summed E-state index contributed by atoms with van der Waals surface area (Å²) in [5, 5.41) is 11.6. The minimum Gasteiger partial charge on any atom is -0.409 e. The van der Waals surface area contributed by atoms with E-state index < -0.39 is 0 Å². The van der Waals surface area contributed by atoms with E-state index in [0.29, 0.717) is 18.3 Å². The number of aryl methyl sites for hydroxylation is 1. The average molecular weight is 251 g/mol. The molecule has 6 nitrogen and oxygen atoms in total. The molecule has 1 fully saturated rings. The lowest BCUT2D eigenvalue weighted by Crippen LogP contribution is -2.31. The summed E-state index contributed by atoms with van der Waals surface area (Å²) < 4.78 is 2.09. The first-order valence-corrected chi connectivity index (χ1v) is 6.46. The van der Waals surface area contributed by atoms with Crippen LogP contribution >= 0.6 is 0 Å². The van der Waals surface area contributed by atoms with Gasteiger partial charge in [0.1, 0.15) is 5.84 Å². The van der Waals surface area contributed by atoms with E-state index in [1.807, 2.05) is 12.5 Å². The molecule has 1 aliphatic carbocycles. The highest BCUT2D eigenvalue weighted by Gasteiger charge is 2.28. The van der Waals surface area contributed by atoms with Gasteiger partial charge in [-0.05, 0) is 19.3 Å². The molecule has 1 aliphatic rings. The van der Waals surface area contributed by atoms with Gasteiger partial charge in [-0.3, -0.25) is 4.90 Å². The summed E-state index contributed by atoms with van der Waals surface area (Å²) in [4.78, 5) is 6.47. The number of aromatic nitrogens is 2. The summed E-state index contributed by atoms with van der Waals surface area (Å²) in [6.45, 7) is 2.93. The minimum absolute atomic E-state index is 0.315. The van der Waals surface area contributed by atoms with Crippen LogP contribution in [0.1, 0.15) is 25.7 Å². The predicted molar refractivity (Wildman–Crippen MR) is 69.5 cm³/mol. The zero-order valence-electron chi connectivity index (χ0n) is 10.6. The van der Waals surface area contributed by atoms with E-state index in [4.69, 9.17) is 10.9 Å². The molecule has 0 amide bonds. The molecule has 1 heterocycles. The van der Waals surface area contributed by atoms with E-state index in [0.717, 1.165) is 26.1 Å². The van der Waals surface area contributed by atoms with Crippen molar-refractivity contribution < 1.29 is 5.21 Å². The normalized spacial score (nSPS) is 16.4. The van der Waals surface area contributed by atoms with Gasteiger partial charge in [-0.1, -0.05) is 5.16 Å². The Morgan fingerprint density at radius 1 is 1.50 bits per heavy atom. The van der Waals surface area contributed by atoms with Gasteiger partial charge < -0.3 is 15.5 Å². The quantitative estimate of drug-likeness (QED) is 0.311. The van der Waals surface area contributed by atoms with Crippen molar-refractivity contribution in [2.24, 2.45) is 10.9 Å². The lowest BCUT2D eigenvalue weighted by Gasteiger charge is -2.21. The molecule has 0 atom stereocenters. The van der Waals surface area contributed by atoms with Crippen LogP contribution in [-0.4, -0.2) is 44.6 Å². The number of rotatable bonds is 8. The standard InChI is InChI=1S/C12H21N5O/c13-12(15-18)4-8-17(11-2-3-11)7-1-6-16-9-5-14-10-16/h5,9-11,18H,1-4,6-8H2,(H2,13,15). The molecule has 3 N–H and O–H groups in total. The summed E-state index contributed by atoms with van der Waals surface area (Å²) in [5.74, 6) is 0.315. The molecular formula is C12H21N5O. The fourth-order valence-electron chi connectivity index (χ4n) is 2.10. The van der Waals surface area contributed by atoms with Crippen LogP contribution in [0.15, 0.2) is 23.9 Å². The molecule has 18 heavy (non-hydrogen) atoms. The summed E-state index contributed by atoms with van der Waals surface area (Å²) in [6.07, 6.45) is 9.93. The monoisotopic (exact) mass is 251 g/mol. The molecule has 0 aromatic carbocycles. The van der Waals surface area contributed by atoms with E-state index in [2.05, 4.69) is 19.6 Å². The second-order valence-corrected chi connectivity index (χ2v) is 4.76. The van der Waals surface area contributed by atoms with Crippen LogP contribution in [0.3, 0.4) is 0 Å². The zero-order chi connectivity index (χ0) is 12.8. The molecule has 0 aliphatic heterocycles. The van der Waals surface area contributed by atoms with E-state index in [9.17, 15) is 0 Å². The zero-order valence-corrected chi connectivity index (χ0v) is 10.6. The van der Waals surface area contributed by atoms with Gasteiger partial charge in [-0.15, -0.1) is 0 Å². The first-order chi connectivity index (χ1) is 8.79. The number of hydrogen-bond acceptors (Lipinski definition) is 4. The van der Waals surface area contributed by atoms with Gasteiger partial charge in [0.15, 0.2) is 0 Å². The van der Waals surface area contributed by atoms with Gasteiger partial charge in [-0.25, -0.2) is 4.98 Å². The Kier molecular flexibility index (Phi) is 4.58. The third-order valence-electron chi connectivity index (χ3n) is 3.27. The van der Waals surface area contributed by atoms with Gasteiger partial charge in [0.2, 0.25) is 0 Å². The van der Waals surface area contributed by atoms with Crippen molar-refractivity contribution in [1.82, 2.24) is 14.5 Å². The first-order valence-electron chi connectivity index (χ1n) is 6.46. The first kappa shape index (κ1) is 12.9. The van der Waals surface area contributed by atoms with Crippen molar-refractivity contribution in [3.63, 3.8) is 0 Å². The summed E-state index contributed by atoms with van der Waals surface area (Å²) in [5.41, 5.74) is 5.51. The summed E-state index contributed by atoms with van der Waals surface area (Å²) in [7, 11) is 0. The lowest BCUT2D eigenvalue weighted by molar-refractivity contribution is 0.259. The molecule has 1 aromatic rings. The van der Waals surface area contributed by atoms with Crippen molar-refractivity contribution in [1.29, 1.82) is 0 Å². The Hall–Kier alpha value is -1.56. The highest BCUT2D eigenvalue weighted by atomic mass is 16.4. The lowest BCUT2D eigenvalue weighted by atomic mass is 10.3. The molecule has 0 radical (unpaired) electrons. The number of oxime groups is 1. The third-order valence-corrected chi connectivity index (χ3v) is 3.27. The average Bonchev–Trinajstić information content (AvgIpc) is 3.10. The Morgan fingerprint density at radius 2 is 2.33 bits per heavy atom. The fraction of sp³-hybridized carbons (Fsp3) is 0.667. The van der Waals surface area contributed by atoms with E-state index in [-0.39, 0.29) is 0 Å². The summed E-state index contributed by atoms with van der Waals surface area (Å²) >= 11 is 0. The van der Waals surface area contributed by atoms with E-state index >= 15 is 0 Å². The van der Waals surface area contributed by atoms with Crippen molar-refractivity contribution in [3.05, 3.63) is 18.7 Å². The van der Waals surface area contributed by atoms with Crippen molar-refractivity contribution in [3.8, 4) is 0 Å². The van der Waals surface area contributed by atoms with Crippen molar-refractivity contribution in [2.45, 2.75) is 38.3 Å². The maximum Gasteiger partial charge on any atom is 0.140 e. The van der Waals surface area contributed by atoms with Crippen LogP contribution in [0.4, 0.5) is 0 Å². The highest BCUT2D eigenvalue weighted by molar-refractivity contribution is 5.79. The van der Waals surface area contributed by atoms with Gasteiger partial charge in [0.05, 0.1) is 6.33 Å². The maximum atomic E-state index is 8.54. The minimum atomic E-state index is 0.315. The Morgan fingerprint density at radius 3 is 2.94 bits per heavy atom. The Bertz CT molecular complexity index is 372. The molecule has 0 unspecified atom stereocenters. The third kappa shape index (κ3) is 4.03. The molecule has 1 aromatic heterocycles. The number of nitrogens with zero attached hydrogens (tertiary/aromatic N) is 4. The Balaban J connectivity index is 1.69. The van der Waals surface area contributed by atoms with Gasteiger partial charge in [0, 0.05) is 44.5 Å². The molecule has 0 spiro atoms. The molecule has 6 heteroatoms. The second-order valence-electron chi connectivity index (χ2n) is 4.76. The van der Waals surface area contributed by atoms with Gasteiger partial charge in [-0.2, -0.15) is 0 Å². The summed E-state index contributed by atoms with van der Waals surface area (Å²) in [6, 6.07) is 0.708. The largest absolute Gasteiger partial charge is 0.409 e. The van der Waals surface area contributed by atoms with Crippen LogP contribution in [0.25, 0.3) is 0 Å². The number of nitrogens with two attached hydrogens (primary N) is 1. The molecule has 0 saturated heterocycles. The van der Waals surface area contributed by atoms with Crippen molar-refractivity contribution >= 4 is 5.84 Å². The Labute approximate surface area is 107 Å². The van der Waals surface area contributed by atoms with Gasteiger partial charge >= 0.3 is 0 Å². The van der Waals surface area contributed by atoms with Crippen LogP contribution in [0.5, 0.6) is 0 Å². The van der Waals surface area contributed by atoms with E-state index in [1.165, 1.54) is 12.8 Å². The number of hydrogen-bond donors (Lipinski definition) is 2. The molecule has 1 saturated carbocycles. The fourth-order valence-corrected chi connectivity index (χ4v) is 2.10. The topological polar surface area (TPSA) is 79.7 Å². The van der Waals surface area contributed by atoms with Crippen LogP contribution < -0.4 is 5.73 Å². The van der Waals surface area contributed by atoms with Crippen molar-refractivity contribution in [2.75, 3.05) is 13.1 Å². The number of amidine groups is 1. The second kappa shape index (κ2) is 6.39. The van der Waals surface area contributed by atoms with Crippen LogP contribution in [-0.2, 0) is 6.54 Å². The van der Waals surface area contributed by atoms with Crippen LogP contribution in [0.2, 0.25) is 0 Å². The smallest absolute Gasteiger partial charge is 0.140 e. The SMILES string of the molecule is NC(CCN(CCCn1ccnc1)C1CC1)=NO. The number of imidazole rings is 1. The molecule has 2 rings (SSSR count).